The smallest absolute Gasteiger partial charge is 0.0900 e. The van der Waals surface area contributed by atoms with E-state index in [0.717, 1.165) is 13.1 Å². The Hall–Kier alpha value is -0.420. The molecule has 96 valence electrons. The van der Waals surface area contributed by atoms with E-state index in [1.165, 1.54) is 12.0 Å². The molecule has 3 unspecified atom stereocenters. The zero-order valence-electron chi connectivity index (χ0n) is 10.5. The standard InChI is InChI=1S/C13H21NO2S/c1-10-5-12(11-3-4-17-9-11)6-14(10)7-13(15)8-16-2/h3-4,9-10,12-13,15H,5-8H2,1-2H3. The Morgan fingerprint density at radius 2 is 2.47 bits per heavy atom. The molecule has 0 amide bonds. The predicted octanol–water partition coefficient (Wildman–Crippen LogP) is 1.93. The van der Waals surface area contributed by atoms with Crippen molar-refractivity contribution in [2.75, 3.05) is 26.8 Å². The van der Waals surface area contributed by atoms with Crippen molar-refractivity contribution >= 4 is 11.3 Å². The van der Waals surface area contributed by atoms with Gasteiger partial charge in [-0.3, -0.25) is 4.90 Å². The van der Waals surface area contributed by atoms with E-state index in [2.05, 4.69) is 28.7 Å². The van der Waals surface area contributed by atoms with E-state index in [1.54, 1.807) is 18.4 Å². The number of β-amino-alcohol motifs (C(OH)–C–C–N with tert-alkyl or cyclic N) is 1. The summed E-state index contributed by atoms with van der Waals surface area (Å²) in [6, 6.07) is 2.77. The van der Waals surface area contributed by atoms with Crippen LogP contribution in [0.15, 0.2) is 16.8 Å². The summed E-state index contributed by atoms with van der Waals surface area (Å²) in [7, 11) is 1.63. The van der Waals surface area contributed by atoms with Crippen molar-refractivity contribution in [3.63, 3.8) is 0 Å². The number of thiophene rings is 1. The van der Waals surface area contributed by atoms with Gasteiger partial charge in [0.05, 0.1) is 12.7 Å². The number of likely N-dealkylation sites (tertiary alicyclic amines) is 1. The number of nitrogens with zero attached hydrogens (tertiary/aromatic N) is 1. The number of methoxy groups -OCH3 is 1. The molecule has 0 aliphatic carbocycles. The maximum atomic E-state index is 9.78. The second kappa shape index (κ2) is 5.96. The van der Waals surface area contributed by atoms with Crippen LogP contribution in [0.25, 0.3) is 0 Å². The maximum absolute atomic E-state index is 9.78. The zero-order valence-corrected chi connectivity index (χ0v) is 11.3. The Bertz CT molecular complexity index is 328. The molecule has 1 aliphatic rings. The molecule has 1 aromatic heterocycles. The summed E-state index contributed by atoms with van der Waals surface area (Å²) in [5.41, 5.74) is 1.45. The molecule has 4 heteroatoms. The SMILES string of the molecule is COCC(O)CN1CC(c2ccsc2)CC1C. The average Bonchev–Trinajstić information content (AvgIpc) is 2.89. The maximum Gasteiger partial charge on any atom is 0.0900 e. The van der Waals surface area contributed by atoms with Gasteiger partial charge in [-0.1, -0.05) is 0 Å². The monoisotopic (exact) mass is 255 g/mol. The third kappa shape index (κ3) is 3.28. The lowest BCUT2D eigenvalue weighted by Gasteiger charge is -2.23. The fraction of sp³-hybridized carbons (Fsp3) is 0.692. The van der Waals surface area contributed by atoms with Crippen LogP contribution in [0, 0.1) is 0 Å². The van der Waals surface area contributed by atoms with Crippen LogP contribution in [0.2, 0.25) is 0 Å². The van der Waals surface area contributed by atoms with Crippen LogP contribution in [0.3, 0.4) is 0 Å². The number of rotatable bonds is 5. The summed E-state index contributed by atoms with van der Waals surface area (Å²) in [5.74, 6) is 0.631. The summed E-state index contributed by atoms with van der Waals surface area (Å²) in [6.45, 7) is 4.44. The summed E-state index contributed by atoms with van der Waals surface area (Å²) >= 11 is 1.76. The van der Waals surface area contributed by atoms with Crippen LogP contribution in [0.1, 0.15) is 24.8 Å². The molecule has 1 fully saturated rings. The number of hydrogen-bond acceptors (Lipinski definition) is 4. The lowest BCUT2D eigenvalue weighted by molar-refractivity contribution is 0.0360. The minimum atomic E-state index is -0.372. The molecule has 17 heavy (non-hydrogen) atoms. The highest BCUT2D eigenvalue weighted by molar-refractivity contribution is 7.07. The van der Waals surface area contributed by atoms with Gasteiger partial charge < -0.3 is 9.84 Å². The van der Waals surface area contributed by atoms with Crippen molar-refractivity contribution in [1.29, 1.82) is 0 Å². The first-order valence-electron chi connectivity index (χ1n) is 6.14. The van der Waals surface area contributed by atoms with Crippen LogP contribution in [-0.4, -0.2) is 49.0 Å². The first-order valence-corrected chi connectivity index (χ1v) is 7.08. The highest BCUT2D eigenvalue weighted by atomic mass is 32.1. The molecular formula is C13H21NO2S. The molecule has 0 bridgehead atoms. The summed E-state index contributed by atoms with van der Waals surface area (Å²) < 4.78 is 4.97. The quantitative estimate of drug-likeness (QED) is 0.872. The fourth-order valence-electron chi connectivity index (χ4n) is 2.62. The van der Waals surface area contributed by atoms with E-state index in [4.69, 9.17) is 4.74 Å². The molecule has 3 atom stereocenters. The van der Waals surface area contributed by atoms with Crippen LogP contribution in [0.4, 0.5) is 0 Å². The topological polar surface area (TPSA) is 32.7 Å². The van der Waals surface area contributed by atoms with Crippen LogP contribution < -0.4 is 0 Å². The second-order valence-electron chi connectivity index (χ2n) is 4.90. The van der Waals surface area contributed by atoms with Gasteiger partial charge in [-0.15, -0.1) is 0 Å². The molecule has 1 aromatic rings. The van der Waals surface area contributed by atoms with Gasteiger partial charge in [0.25, 0.3) is 0 Å². The Kier molecular flexibility index (Phi) is 4.56. The lowest BCUT2D eigenvalue weighted by atomic mass is 10.00. The lowest BCUT2D eigenvalue weighted by Crippen LogP contribution is -2.36. The van der Waals surface area contributed by atoms with Crippen molar-refractivity contribution in [3.05, 3.63) is 22.4 Å². The summed E-state index contributed by atoms with van der Waals surface area (Å²) in [6.07, 6.45) is 0.819. The Morgan fingerprint density at radius 3 is 3.12 bits per heavy atom. The van der Waals surface area contributed by atoms with Gasteiger partial charge in [0.15, 0.2) is 0 Å². The third-order valence-corrected chi connectivity index (χ3v) is 4.22. The first-order chi connectivity index (χ1) is 8.20. The number of aliphatic hydroxyl groups excluding tert-OH is 1. The van der Waals surface area contributed by atoms with E-state index >= 15 is 0 Å². The normalized spacial score (nSPS) is 27.5. The Morgan fingerprint density at radius 1 is 1.65 bits per heavy atom. The van der Waals surface area contributed by atoms with E-state index in [-0.39, 0.29) is 6.10 Å². The molecule has 0 radical (unpaired) electrons. The van der Waals surface area contributed by atoms with Gasteiger partial charge in [0.2, 0.25) is 0 Å². The summed E-state index contributed by atoms with van der Waals surface area (Å²) in [5, 5.41) is 14.2. The van der Waals surface area contributed by atoms with Crippen molar-refractivity contribution in [3.8, 4) is 0 Å². The van der Waals surface area contributed by atoms with Crippen molar-refractivity contribution < 1.29 is 9.84 Å². The Balaban J connectivity index is 1.89. The molecule has 2 heterocycles. The largest absolute Gasteiger partial charge is 0.389 e. The van der Waals surface area contributed by atoms with Crippen molar-refractivity contribution in [1.82, 2.24) is 4.90 Å². The third-order valence-electron chi connectivity index (χ3n) is 3.52. The molecule has 1 saturated heterocycles. The molecule has 0 saturated carbocycles. The number of aliphatic hydroxyl groups is 1. The second-order valence-corrected chi connectivity index (χ2v) is 5.68. The van der Waals surface area contributed by atoms with E-state index in [9.17, 15) is 5.11 Å². The number of hydrogen-bond donors (Lipinski definition) is 1. The van der Waals surface area contributed by atoms with Crippen LogP contribution in [0.5, 0.6) is 0 Å². The predicted molar refractivity (Wildman–Crippen MR) is 70.6 cm³/mol. The highest BCUT2D eigenvalue weighted by Gasteiger charge is 2.31. The minimum absolute atomic E-state index is 0.372. The van der Waals surface area contributed by atoms with E-state index in [1.807, 2.05) is 0 Å². The zero-order chi connectivity index (χ0) is 12.3. The van der Waals surface area contributed by atoms with Gasteiger partial charge >= 0.3 is 0 Å². The minimum Gasteiger partial charge on any atom is -0.389 e. The molecule has 1 N–H and O–H groups in total. The van der Waals surface area contributed by atoms with E-state index < -0.39 is 0 Å². The van der Waals surface area contributed by atoms with Crippen molar-refractivity contribution in [2.24, 2.45) is 0 Å². The molecule has 3 nitrogen and oxygen atoms in total. The molecule has 0 spiro atoms. The first kappa shape index (κ1) is 13.0. The van der Waals surface area contributed by atoms with E-state index in [0.29, 0.717) is 18.6 Å². The average molecular weight is 255 g/mol. The molecule has 1 aliphatic heterocycles. The van der Waals surface area contributed by atoms with Crippen LogP contribution >= 0.6 is 11.3 Å². The Labute approximate surface area is 107 Å². The van der Waals surface area contributed by atoms with Crippen LogP contribution in [-0.2, 0) is 4.74 Å². The van der Waals surface area contributed by atoms with Crippen molar-refractivity contribution in [2.45, 2.75) is 31.4 Å². The highest BCUT2D eigenvalue weighted by Crippen LogP contribution is 2.32. The van der Waals surface area contributed by atoms with Gasteiger partial charge in [-0.25, -0.2) is 0 Å². The van der Waals surface area contributed by atoms with Gasteiger partial charge in [0, 0.05) is 26.2 Å². The fourth-order valence-corrected chi connectivity index (χ4v) is 3.36. The van der Waals surface area contributed by atoms with Gasteiger partial charge in [-0.2, -0.15) is 11.3 Å². The number of ether oxygens (including phenoxy) is 1. The van der Waals surface area contributed by atoms with Gasteiger partial charge in [0.1, 0.15) is 0 Å². The summed E-state index contributed by atoms with van der Waals surface area (Å²) in [4.78, 5) is 2.37. The molecular weight excluding hydrogens is 234 g/mol. The molecule has 0 aromatic carbocycles. The van der Waals surface area contributed by atoms with Gasteiger partial charge in [-0.05, 0) is 41.7 Å². The molecule has 2 rings (SSSR count).